The Morgan fingerprint density at radius 1 is 1.09 bits per heavy atom. The van der Waals surface area contributed by atoms with Crippen molar-refractivity contribution >= 4 is 21.8 Å². The van der Waals surface area contributed by atoms with Crippen molar-refractivity contribution in [2.75, 3.05) is 32.7 Å². The van der Waals surface area contributed by atoms with E-state index < -0.39 is 30.3 Å². The maximum atomic E-state index is 13.2. The van der Waals surface area contributed by atoms with Crippen molar-refractivity contribution in [2.45, 2.75) is 6.18 Å². The average Bonchev–Trinajstić information content (AvgIpc) is 2.41. The van der Waals surface area contributed by atoms with Crippen LogP contribution < -0.4 is 0 Å². The van der Waals surface area contributed by atoms with Crippen LogP contribution in [0.25, 0.3) is 0 Å². The van der Waals surface area contributed by atoms with Gasteiger partial charge in [0, 0.05) is 30.7 Å². The van der Waals surface area contributed by atoms with Gasteiger partial charge in [-0.15, -0.1) is 0 Å². The first-order valence-corrected chi connectivity index (χ1v) is 7.19. The SMILES string of the molecule is O=C(c1cc(F)c(F)cc1Br)N1CCN(CC(F)(F)F)CC1. The fourth-order valence-corrected chi connectivity index (χ4v) is 2.70. The lowest BCUT2D eigenvalue weighted by Crippen LogP contribution is -2.51. The molecule has 0 radical (unpaired) electrons. The summed E-state index contributed by atoms with van der Waals surface area (Å²) in [6.45, 7) is -0.677. The Labute approximate surface area is 131 Å². The number of carbonyl (C=O) groups is 1. The second kappa shape index (κ2) is 6.49. The molecule has 0 atom stereocenters. The number of alkyl halides is 3. The van der Waals surface area contributed by atoms with Gasteiger partial charge in [-0.1, -0.05) is 0 Å². The predicted molar refractivity (Wildman–Crippen MR) is 72.5 cm³/mol. The molecule has 0 aliphatic carbocycles. The number of hydrogen-bond donors (Lipinski definition) is 0. The standard InChI is InChI=1S/C13H12BrF5N2O/c14-9-6-11(16)10(15)5-8(9)12(22)21-3-1-20(2-4-21)7-13(17,18)19/h5-6H,1-4,7H2. The Kier molecular flexibility index (Phi) is 5.06. The molecular formula is C13H12BrF5N2O. The first-order valence-electron chi connectivity index (χ1n) is 6.40. The van der Waals surface area contributed by atoms with E-state index in [-0.39, 0.29) is 36.2 Å². The molecule has 0 N–H and O–H groups in total. The van der Waals surface area contributed by atoms with Gasteiger partial charge < -0.3 is 4.90 Å². The maximum Gasteiger partial charge on any atom is 0.401 e. The quantitative estimate of drug-likeness (QED) is 0.576. The monoisotopic (exact) mass is 386 g/mol. The maximum absolute atomic E-state index is 13.2. The van der Waals surface area contributed by atoms with E-state index in [1.165, 1.54) is 9.80 Å². The molecule has 3 nitrogen and oxygen atoms in total. The third kappa shape index (κ3) is 4.16. The first kappa shape index (κ1) is 17.1. The Hall–Kier alpha value is -1.22. The summed E-state index contributed by atoms with van der Waals surface area (Å²) in [6.07, 6.45) is -4.28. The zero-order valence-corrected chi connectivity index (χ0v) is 12.8. The number of hydrogen-bond acceptors (Lipinski definition) is 2. The van der Waals surface area contributed by atoms with Gasteiger partial charge in [0.2, 0.25) is 0 Å². The van der Waals surface area contributed by atoms with Crippen LogP contribution in [0.1, 0.15) is 10.4 Å². The molecule has 0 saturated carbocycles. The highest BCUT2D eigenvalue weighted by molar-refractivity contribution is 9.10. The van der Waals surface area contributed by atoms with Crippen LogP contribution in [-0.2, 0) is 0 Å². The van der Waals surface area contributed by atoms with Gasteiger partial charge in [-0.3, -0.25) is 9.69 Å². The Morgan fingerprint density at radius 3 is 2.18 bits per heavy atom. The summed E-state index contributed by atoms with van der Waals surface area (Å²) in [5.41, 5.74) is -0.0526. The molecule has 9 heteroatoms. The van der Waals surface area contributed by atoms with Crippen LogP contribution in [0, 0.1) is 11.6 Å². The Morgan fingerprint density at radius 2 is 1.64 bits per heavy atom. The zero-order chi connectivity index (χ0) is 16.5. The fraction of sp³-hybridized carbons (Fsp3) is 0.462. The van der Waals surface area contributed by atoms with Gasteiger partial charge in [-0.2, -0.15) is 13.2 Å². The summed E-state index contributed by atoms with van der Waals surface area (Å²) in [4.78, 5) is 14.8. The molecule has 122 valence electrons. The summed E-state index contributed by atoms with van der Waals surface area (Å²) in [5.74, 6) is -2.78. The number of piperazine rings is 1. The van der Waals surface area contributed by atoms with Crippen molar-refractivity contribution < 1.29 is 26.7 Å². The molecular weight excluding hydrogens is 375 g/mol. The van der Waals surface area contributed by atoms with E-state index in [4.69, 9.17) is 0 Å². The van der Waals surface area contributed by atoms with Crippen molar-refractivity contribution in [2.24, 2.45) is 0 Å². The van der Waals surface area contributed by atoms with Gasteiger partial charge in [0.05, 0.1) is 12.1 Å². The normalized spacial score (nSPS) is 16.9. The molecule has 0 aromatic heterocycles. The summed E-state index contributed by atoms with van der Waals surface area (Å²) >= 11 is 2.99. The third-order valence-electron chi connectivity index (χ3n) is 3.30. The number of carbonyl (C=O) groups excluding carboxylic acids is 1. The lowest BCUT2D eigenvalue weighted by molar-refractivity contribution is -0.148. The lowest BCUT2D eigenvalue weighted by atomic mass is 10.1. The van der Waals surface area contributed by atoms with Crippen LogP contribution >= 0.6 is 15.9 Å². The molecule has 1 fully saturated rings. The second-order valence-electron chi connectivity index (χ2n) is 4.93. The number of amides is 1. The average molecular weight is 387 g/mol. The van der Waals surface area contributed by atoms with Crippen LogP contribution in [0.4, 0.5) is 22.0 Å². The van der Waals surface area contributed by atoms with Crippen LogP contribution in [0.15, 0.2) is 16.6 Å². The van der Waals surface area contributed by atoms with Crippen molar-refractivity contribution in [3.8, 4) is 0 Å². The zero-order valence-electron chi connectivity index (χ0n) is 11.3. The van der Waals surface area contributed by atoms with Gasteiger partial charge >= 0.3 is 6.18 Å². The number of rotatable bonds is 2. The van der Waals surface area contributed by atoms with Crippen molar-refractivity contribution in [3.63, 3.8) is 0 Å². The highest BCUT2D eigenvalue weighted by Crippen LogP contribution is 2.23. The van der Waals surface area contributed by atoms with Crippen LogP contribution in [0.3, 0.4) is 0 Å². The molecule has 1 heterocycles. The lowest BCUT2D eigenvalue weighted by Gasteiger charge is -2.35. The van der Waals surface area contributed by atoms with Gasteiger partial charge in [0.15, 0.2) is 11.6 Å². The number of nitrogens with zero attached hydrogens (tertiary/aromatic N) is 2. The van der Waals surface area contributed by atoms with E-state index in [9.17, 15) is 26.7 Å². The molecule has 2 rings (SSSR count). The molecule has 0 spiro atoms. The van der Waals surface area contributed by atoms with Crippen LogP contribution in [0.5, 0.6) is 0 Å². The minimum Gasteiger partial charge on any atom is -0.336 e. The van der Waals surface area contributed by atoms with Crippen molar-refractivity contribution in [3.05, 3.63) is 33.8 Å². The fourth-order valence-electron chi connectivity index (χ4n) is 2.22. The van der Waals surface area contributed by atoms with Crippen molar-refractivity contribution in [1.82, 2.24) is 9.80 Å². The third-order valence-corrected chi connectivity index (χ3v) is 3.96. The molecule has 22 heavy (non-hydrogen) atoms. The van der Waals surface area contributed by atoms with E-state index in [0.29, 0.717) is 0 Å². The highest BCUT2D eigenvalue weighted by atomic mass is 79.9. The second-order valence-corrected chi connectivity index (χ2v) is 5.78. The van der Waals surface area contributed by atoms with E-state index in [2.05, 4.69) is 15.9 Å². The summed E-state index contributed by atoms with van der Waals surface area (Å²) in [5, 5.41) is 0. The minimum atomic E-state index is -4.28. The Bertz CT molecular complexity index is 570. The minimum absolute atomic E-state index is 0.0526. The number of benzene rings is 1. The molecule has 0 unspecified atom stereocenters. The molecule has 1 aromatic rings. The molecule has 1 aromatic carbocycles. The van der Waals surface area contributed by atoms with Gasteiger partial charge in [0.25, 0.3) is 5.91 Å². The molecule has 1 aliphatic heterocycles. The highest BCUT2D eigenvalue weighted by Gasteiger charge is 2.33. The van der Waals surface area contributed by atoms with Gasteiger partial charge in [-0.25, -0.2) is 8.78 Å². The van der Waals surface area contributed by atoms with Gasteiger partial charge in [0.1, 0.15) is 0 Å². The molecule has 1 amide bonds. The summed E-state index contributed by atoms with van der Waals surface area (Å²) in [7, 11) is 0. The van der Waals surface area contributed by atoms with Crippen molar-refractivity contribution in [1.29, 1.82) is 0 Å². The van der Waals surface area contributed by atoms with E-state index in [1.807, 2.05) is 0 Å². The van der Waals surface area contributed by atoms with Gasteiger partial charge in [-0.05, 0) is 28.1 Å². The van der Waals surface area contributed by atoms with Crippen LogP contribution in [0.2, 0.25) is 0 Å². The predicted octanol–water partition coefficient (Wildman–Crippen LogP) is 3.05. The summed E-state index contributed by atoms with van der Waals surface area (Å²) < 4.78 is 63.2. The van der Waals surface area contributed by atoms with E-state index in [0.717, 1.165) is 12.1 Å². The topological polar surface area (TPSA) is 23.6 Å². The molecule has 1 aliphatic rings. The van der Waals surface area contributed by atoms with E-state index in [1.54, 1.807) is 0 Å². The van der Waals surface area contributed by atoms with Crippen LogP contribution in [-0.4, -0.2) is 54.6 Å². The molecule has 1 saturated heterocycles. The number of halogens is 6. The smallest absolute Gasteiger partial charge is 0.336 e. The van der Waals surface area contributed by atoms with E-state index >= 15 is 0 Å². The molecule has 0 bridgehead atoms. The first-order chi connectivity index (χ1) is 10.2. The largest absolute Gasteiger partial charge is 0.401 e. The summed E-state index contributed by atoms with van der Waals surface area (Å²) in [6, 6.07) is 1.63. The Balaban J connectivity index is 2.03.